The minimum atomic E-state index is -0.794. The molecule has 20 heavy (non-hydrogen) atoms. The Balaban J connectivity index is 2.02. The highest BCUT2D eigenvalue weighted by Gasteiger charge is 2.22. The van der Waals surface area contributed by atoms with E-state index in [9.17, 15) is 5.11 Å². The fourth-order valence-electron chi connectivity index (χ4n) is 2.22. The Morgan fingerprint density at radius 1 is 1.25 bits per heavy atom. The second-order valence-electron chi connectivity index (χ2n) is 4.38. The molecular weight excluding hydrogens is 324 g/mol. The molecule has 0 amide bonds. The number of hydrogen-bond acceptors (Lipinski definition) is 4. The zero-order valence-electron chi connectivity index (χ0n) is 10.8. The molecule has 0 saturated heterocycles. The van der Waals surface area contributed by atoms with Gasteiger partial charge in [-0.2, -0.15) is 0 Å². The maximum absolute atomic E-state index is 10.6. The van der Waals surface area contributed by atoms with Gasteiger partial charge in [0.15, 0.2) is 11.5 Å². The third-order valence-electron chi connectivity index (χ3n) is 3.20. The van der Waals surface area contributed by atoms with Crippen molar-refractivity contribution in [2.24, 2.45) is 0 Å². The molecular formula is C15H13BrO4. The van der Waals surface area contributed by atoms with Crippen molar-refractivity contribution >= 4 is 15.9 Å². The van der Waals surface area contributed by atoms with Gasteiger partial charge >= 0.3 is 0 Å². The molecule has 2 aromatic carbocycles. The van der Waals surface area contributed by atoms with Gasteiger partial charge in [-0.15, -0.1) is 0 Å². The van der Waals surface area contributed by atoms with E-state index in [0.29, 0.717) is 28.4 Å². The van der Waals surface area contributed by atoms with E-state index in [1.54, 1.807) is 13.2 Å². The number of hydrogen-bond donors (Lipinski definition) is 1. The SMILES string of the molecule is COc1ccccc1C(O)c1cc(Br)c2c(c1)OCO2. The summed E-state index contributed by atoms with van der Waals surface area (Å²) in [5.41, 5.74) is 1.42. The number of methoxy groups -OCH3 is 1. The van der Waals surface area contributed by atoms with Crippen molar-refractivity contribution < 1.29 is 19.3 Å². The summed E-state index contributed by atoms with van der Waals surface area (Å²) in [5, 5.41) is 10.6. The van der Waals surface area contributed by atoms with Crippen LogP contribution in [0.15, 0.2) is 40.9 Å². The number of aliphatic hydroxyl groups is 1. The van der Waals surface area contributed by atoms with Gasteiger partial charge in [0, 0.05) is 5.56 Å². The predicted octanol–water partition coefficient (Wildman–Crippen LogP) is 3.27. The third-order valence-corrected chi connectivity index (χ3v) is 3.79. The average molecular weight is 337 g/mol. The lowest BCUT2D eigenvalue weighted by molar-refractivity contribution is 0.173. The normalized spacial score (nSPS) is 14.2. The summed E-state index contributed by atoms with van der Waals surface area (Å²) in [6.45, 7) is 0.197. The molecule has 1 heterocycles. The number of para-hydroxylation sites is 1. The monoisotopic (exact) mass is 336 g/mol. The second kappa shape index (κ2) is 5.34. The van der Waals surface area contributed by atoms with E-state index in [2.05, 4.69) is 15.9 Å². The van der Waals surface area contributed by atoms with Crippen LogP contribution >= 0.6 is 15.9 Å². The van der Waals surface area contributed by atoms with Gasteiger partial charge in [-0.25, -0.2) is 0 Å². The number of halogens is 1. The molecule has 1 atom stereocenters. The largest absolute Gasteiger partial charge is 0.496 e. The van der Waals surface area contributed by atoms with Crippen molar-refractivity contribution in [2.75, 3.05) is 13.9 Å². The Bertz CT molecular complexity index is 642. The number of benzene rings is 2. The maximum Gasteiger partial charge on any atom is 0.231 e. The van der Waals surface area contributed by atoms with Gasteiger partial charge in [-0.3, -0.25) is 0 Å². The van der Waals surface area contributed by atoms with Gasteiger partial charge in [0.2, 0.25) is 6.79 Å². The zero-order valence-corrected chi connectivity index (χ0v) is 12.4. The molecule has 0 radical (unpaired) electrons. The van der Waals surface area contributed by atoms with Crippen LogP contribution in [-0.4, -0.2) is 19.0 Å². The van der Waals surface area contributed by atoms with Gasteiger partial charge in [0.05, 0.1) is 11.6 Å². The molecule has 1 unspecified atom stereocenters. The fourth-order valence-corrected chi connectivity index (χ4v) is 2.79. The zero-order chi connectivity index (χ0) is 14.1. The number of ether oxygens (including phenoxy) is 3. The highest BCUT2D eigenvalue weighted by molar-refractivity contribution is 9.10. The molecule has 3 rings (SSSR count). The maximum atomic E-state index is 10.6. The third kappa shape index (κ3) is 2.23. The van der Waals surface area contributed by atoms with Crippen LogP contribution in [0.1, 0.15) is 17.2 Å². The van der Waals surface area contributed by atoms with Crippen LogP contribution in [-0.2, 0) is 0 Å². The van der Waals surface area contributed by atoms with Gasteiger partial charge in [-0.05, 0) is 39.7 Å². The number of rotatable bonds is 3. The van der Waals surface area contributed by atoms with Crippen LogP contribution in [0.25, 0.3) is 0 Å². The lowest BCUT2D eigenvalue weighted by atomic mass is 10.0. The smallest absolute Gasteiger partial charge is 0.231 e. The van der Waals surface area contributed by atoms with E-state index in [-0.39, 0.29) is 6.79 Å². The summed E-state index contributed by atoms with van der Waals surface area (Å²) in [7, 11) is 1.58. The molecule has 5 heteroatoms. The quantitative estimate of drug-likeness (QED) is 0.934. The standard InChI is InChI=1S/C15H13BrO4/c1-18-12-5-3-2-4-10(12)14(17)9-6-11(16)15-13(7-9)19-8-20-15/h2-7,14,17H,8H2,1H3. The van der Waals surface area contributed by atoms with Crippen LogP contribution in [0.3, 0.4) is 0 Å². The first-order chi connectivity index (χ1) is 9.70. The summed E-state index contributed by atoms with van der Waals surface area (Å²) >= 11 is 3.43. The predicted molar refractivity (Wildman–Crippen MR) is 77.3 cm³/mol. The molecule has 0 spiro atoms. The van der Waals surface area contributed by atoms with E-state index < -0.39 is 6.10 Å². The number of aliphatic hydroxyl groups excluding tert-OH is 1. The minimum Gasteiger partial charge on any atom is -0.496 e. The first-order valence-electron chi connectivity index (χ1n) is 6.10. The Morgan fingerprint density at radius 2 is 2.05 bits per heavy atom. The van der Waals surface area contributed by atoms with Crippen LogP contribution in [0.5, 0.6) is 17.2 Å². The first-order valence-corrected chi connectivity index (χ1v) is 6.90. The molecule has 0 aliphatic carbocycles. The Morgan fingerprint density at radius 3 is 2.85 bits per heavy atom. The van der Waals surface area contributed by atoms with Gasteiger partial charge in [-0.1, -0.05) is 18.2 Å². The highest BCUT2D eigenvalue weighted by atomic mass is 79.9. The molecule has 104 valence electrons. The molecule has 0 fully saturated rings. The van der Waals surface area contributed by atoms with Crippen LogP contribution in [0.2, 0.25) is 0 Å². The summed E-state index contributed by atoms with van der Waals surface area (Å²) < 4.78 is 16.8. The Labute approximate surface area is 125 Å². The Hall–Kier alpha value is -1.72. The summed E-state index contributed by atoms with van der Waals surface area (Å²) in [4.78, 5) is 0. The van der Waals surface area contributed by atoms with Gasteiger partial charge < -0.3 is 19.3 Å². The molecule has 0 aromatic heterocycles. The molecule has 1 N–H and O–H groups in total. The van der Waals surface area contributed by atoms with Crippen molar-refractivity contribution in [1.29, 1.82) is 0 Å². The van der Waals surface area contributed by atoms with E-state index in [4.69, 9.17) is 14.2 Å². The van der Waals surface area contributed by atoms with Crippen molar-refractivity contribution in [3.8, 4) is 17.2 Å². The Kier molecular flexibility index (Phi) is 3.54. The lowest BCUT2D eigenvalue weighted by Gasteiger charge is -2.16. The van der Waals surface area contributed by atoms with Crippen LogP contribution in [0, 0.1) is 0 Å². The van der Waals surface area contributed by atoms with Gasteiger partial charge in [0.1, 0.15) is 11.9 Å². The number of fused-ring (bicyclic) bond motifs is 1. The summed E-state index contributed by atoms with van der Waals surface area (Å²) in [6.07, 6.45) is -0.794. The van der Waals surface area contributed by atoms with E-state index >= 15 is 0 Å². The topological polar surface area (TPSA) is 47.9 Å². The molecule has 4 nitrogen and oxygen atoms in total. The molecule has 0 saturated carbocycles. The van der Waals surface area contributed by atoms with Crippen molar-refractivity contribution in [3.05, 3.63) is 52.0 Å². The first kappa shape index (κ1) is 13.3. The summed E-state index contributed by atoms with van der Waals surface area (Å²) in [5.74, 6) is 1.94. The molecule has 1 aliphatic rings. The minimum absolute atomic E-state index is 0.197. The van der Waals surface area contributed by atoms with Crippen LogP contribution in [0.4, 0.5) is 0 Å². The summed E-state index contributed by atoms with van der Waals surface area (Å²) in [6, 6.07) is 11.0. The molecule has 1 aliphatic heterocycles. The fraction of sp³-hybridized carbons (Fsp3) is 0.200. The van der Waals surface area contributed by atoms with E-state index in [0.717, 1.165) is 4.47 Å². The van der Waals surface area contributed by atoms with Gasteiger partial charge in [0.25, 0.3) is 0 Å². The average Bonchev–Trinajstić information content (AvgIpc) is 2.95. The van der Waals surface area contributed by atoms with Crippen molar-refractivity contribution in [1.82, 2.24) is 0 Å². The molecule has 2 aromatic rings. The lowest BCUT2D eigenvalue weighted by Crippen LogP contribution is -2.02. The van der Waals surface area contributed by atoms with Crippen molar-refractivity contribution in [2.45, 2.75) is 6.10 Å². The van der Waals surface area contributed by atoms with Crippen molar-refractivity contribution in [3.63, 3.8) is 0 Å². The van der Waals surface area contributed by atoms with E-state index in [1.807, 2.05) is 30.3 Å². The second-order valence-corrected chi connectivity index (χ2v) is 5.24. The van der Waals surface area contributed by atoms with Crippen LogP contribution < -0.4 is 14.2 Å². The van der Waals surface area contributed by atoms with E-state index in [1.165, 1.54) is 0 Å². The highest BCUT2D eigenvalue weighted by Crippen LogP contribution is 2.42. The molecule has 0 bridgehead atoms.